The number of thioether (sulfide) groups is 1. The molecule has 2 aliphatic heterocycles. The van der Waals surface area contributed by atoms with Crippen molar-refractivity contribution in [2.45, 2.75) is 32.2 Å². The highest BCUT2D eigenvalue weighted by Crippen LogP contribution is 2.29. The second kappa shape index (κ2) is 7.26. The second-order valence-corrected chi connectivity index (χ2v) is 8.31. The Hall–Kier alpha value is -1.01. The Balaban J connectivity index is 1.64. The van der Waals surface area contributed by atoms with Crippen molar-refractivity contribution < 1.29 is 9.59 Å². The number of nitrogens with zero attached hydrogens (tertiary/aromatic N) is 1. The molecule has 2 amide bonds. The van der Waals surface area contributed by atoms with E-state index in [2.05, 4.69) is 21.2 Å². The van der Waals surface area contributed by atoms with E-state index in [1.807, 2.05) is 36.9 Å². The maximum atomic E-state index is 12.5. The zero-order valence-electron chi connectivity index (χ0n) is 13.2. The molecule has 23 heavy (non-hydrogen) atoms. The number of rotatable bonds is 3. The predicted molar refractivity (Wildman–Crippen MR) is 97.8 cm³/mol. The largest absolute Gasteiger partial charge is 0.353 e. The molecule has 3 rings (SSSR count). The first-order valence-electron chi connectivity index (χ1n) is 7.99. The van der Waals surface area contributed by atoms with Crippen LogP contribution in [-0.2, 0) is 9.59 Å². The molecule has 0 bridgehead atoms. The van der Waals surface area contributed by atoms with Gasteiger partial charge in [0.2, 0.25) is 11.8 Å². The Kier molecular flexibility index (Phi) is 5.31. The topological polar surface area (TPSA) is 49.4 Å². The lowest BCUT2D eigenvalue weighted by atomic mass is 10.1. The number of carbonyl (C=O) groups is 2. The van der Waals surface area contributed by atoms with Crippen LogP contribution in [0.2, 0.25) is 0 Å². The molecule has 0 aromatic heterocycles. The molecule has 1 atom stereocenters. The van der Waals surface area contributed by atoms with E-state index < -0.39 is 0 Å². The number of nitrogens with one attached hydrogen (secondary N) is 1. The van der Waals surface area contributed by atoms with Gasteiger partial charge in [-0.15, -0.1) is 0 Å². The first-order chi connectivity index (χ1) is 11.0. The summed E-state index contributed by atoms with van der Waals surface area (Å²) >= 11 is 5.42. The van der Waals surface area contributed by atoms with Crippen LogP contribution in [0.5, 0.6) is 0 Å². The smallest absolute Gasteiger partial charge is 0.227 e. The molecule has 0 aliphatic carbocycles. The Morgan fingerprint density at radius 2 is 2.09 bits per heavy atom. The van der Waals surface area contributed by atoms with E-state index in [-0.39, 0.29) is 23.8 Å². The van der Waals surface area contributed by atoms with E-state index in [9.17, 15) is 9.59 Å². The lowest BCUT2D eigenvalue weighted by molar-refractivity contribution is -0.127. The van der Waals surface area contributed by atoms with Crippen LogP contribution >= 0.6 is 27.7 Å². The number of amides is 2. The van der Waals surface area contributed by atoms with Gasteiger partial charge in [-0.2, -0.15) is 11.8 Å². The lowest BCUT2D eigenvalue weighted by Crippen LogP contribution is -2.41. The first kappa shape index (κ1) is 16.8. The van der Waals surface area contributed by atoms with Crippen LogP contribution in [0.15, 0.2) is 22.7 Å². The summed E-state index contributed by atoms with van der Waals surface area (Å²) in [5.41, 5.74) is 1.96. The van der Waals surface area contributed by atoms with Crippen LogP contribution in [-0.4, -0.2) is 35.9 Å². The van der Waals surface area contributed by atoms with Crippen LogP contribution in [0.4, 0.5) is 5.69 Å². The monoisotopic (exact) mass is 396 g/mol. The maximum Gasteiger partial charge on any atom is 0.227 e. The number of aryl methyl sites for hydroxylation is 1. The molecule has 0 spiro atoms. The summed E-state index contributed by atoms with van der Waals surface area (Å²) in [5.74, 6) is 2.05. The van der Waals surface area contributed by atoms with Gasteiger partial charge in [-0.1, -0.05) is 15.9 Å². The first-order valence-corrected chi connectivity index (χ1v) is 9.94. The average molecular weight is 397 g/mol. The third kappa shape index (κ3) is 3.91. The number of hydrogen-bond donors (Lipinski definition) is 1. The van der Waals surface area contributed by atoms with Gasteiger partial charge >= 0.3 is 0 Å². The zero-order chi connectivity index (χ0) is 16.4. The van der Waals surface area contributed by atoms with Gasteiger partial charge in [0.25, 0.3) is 0 Å². The average Bonchev–Trinajstić information content (AvgIpc) is 2.93. The highest BCUT2D eigenvalue weighted by molar-refractivity contribution is 9.10. The molecule has 1 aromatic carbocycles. The fourth-order valence-corrected chi connectivity index (χ4v) is 4.44. The van der Waals surface area contributed by atoms with E-state index in [4.69, 9.17) is 0 Å². The molecule has 2 heterocycles. The maximum absolute atomic E-state index is 12.5. The number of halogens is 1. The molecule has 1 N–H and O–H groups in total. The van der Waals surface area contributed by atoms with Crippen LogP contribution in [0.3, 0.4) is 0 Å². The van der Waals surface area contributed by atoms with E-state index in [1.54, 1.807) is 4.90 Å². The van der Waals surface area contributed by atoms with Crippen LogP contribution in [0.25, 0.3) is 0 Å². The van der Waals surface area contributed by atoms with Gasteiger partial charge in [0, 0.05) is 29.2 Å². The van der Waals surface area contributed by atoms with Gasteiger partial charge in [0.05, 0.1) is 5.92 Å². The molecule has 1 unspecified atom stereocenters. The van der Waals surface area contributed by atoms with Crippen molar-refractivity contribution in [3.63, 3.8) is 0 Å². The second-order valence-electron chi connectivity index (χ2n) is 6.23. The van der Waals surface area contributed by atoms with Gasteiger partial charge in [-0.05, 0) is 55.0 Å². The van der Waals surface area contributed by atoms with Crippen molar-refractivity contribution in [3.8, 4) is 0 Å². The lowest BCUT2D eigenvalue weighted by Gasteiger charge is -2.24. The van der Waals surface area contributed by atoms with Gasteiger partial charge in [0.15, 0.2) is 0 Å². The van der Waals surface area contributed by atoms with E-state index >= 15 is 0 Å². The Morgan fingerprint density at radius 3 is 2.78 bits per heavy atom. The third-order valence-corrected chi connectivity index (χ3v) is 6.46. The summed E-state index contributed by atoms with van der Waals surface area (Å²) in [7, 11) is 0. The fraction of sp³-hybridized carbons (Fsp3) is 0.529. The van der Waals surface area contributed by atoms with Gasteiger partial charge < -0.3 is 10.2 Å². The molecule has 124 valence electrons. The summed E-state index contributed by atoms with van der Waals surface area (Å²) in [5, 5.41) is 3.14. The molecular formula is C17H21BrN2O2S. The van der Waals surface area contributed by atoms with Crippen LogP contribution < -0.4 is 10.2 Å². The van der Waals surface area contributed by atoms with Crippen molar-refractivity contribution in [3.05, 3.63) is 28.2 Å². The van der Waals surface area contributed by atoms with E-state index in [1.165, 1.54) is 0 Å². The van der Waals surface area contributed by atoms with Crippen molar-refractivity contribution in [2.75, 3.05) is 23.0 Å². The minimum atomic E-state index is -0.235. The Bertz CT molecular complexity index is 617. The van der Waals surface area contributed by atoms with E-state index in [0.29, 0.717) is 13.0 Å². The Morgan fingerprint density at radius 1 is 1.35 bits per heavy atom. The quantitative estimate of drug-likeness (QED) is 0.853. The summed E-state index contributed by atoms with van der Waals surface area (Å²) in [6.07, 6.45) is 2.38. The SMILES string of the molecule is Cc1cc(N2CC(C(=O)NC3CCSCC3)CC2=O)ccc1Br. The molecular weight excluding hydrogens is 376 g/mol. The number of benzene rings is 1. The number of hydrogen-bond acceptors (Lipinski definition) is 3. The zero-order valence-corrected chi connectivity index (χ0v) is 15.6. The van der Waals surface area contributed by atoms with Gasteiger partial charge in [-0.3, -0.25) is 9.59 Å². The molecule has 1 aromatic rings. The molecule has 6 heteroatoms. The summed E-state index contributed by atoms with van der Waals surface area (Å²) in [6, 6.07) is 6.14. The minimum Gasteiger partial charge on any atom is -0.353 e. The minimum absolute atomic E-state index is 0.0334. The van der Waals surface area contributed by atoms with Crippen molar-refractivity contribution in [1.29, 1.82) is 0 Å². The summed E-state index contributed by atoms with van der Waals surface area (Å²) in [6.45, 7) is 2.48. The highest BCUT2D eigenvalue weighted by atomic mass is 79.9. The summed E-state index contributed by atoms with van der Waals surface area (Å²) < 4.78 is 1.03. The molecule has 2 fully saturated rings. The van der Waals surface area contributed by atoms with Crippen molar-refractivity contribution in [1.82, 2.24) is 5.32 Å². The normalized spacial score (nSPS) is 22.4. The molecule has 0 radical (unpaired) electrons. The van der Waals surface area contributed by atoms with Gasteiger partial charge in [-0.25, -0.2) is 0 Å². The fourth-order valence-electron chi connectivity index (χ4n) is 3.09. The predicted octanol–water partition coefficient (Wildman–Crippen LogP) is 3.12. The number of carbonyl (C=O) groups excluding carboxylic acids is 2. The summed E-state index contributed by atoms with van der Waals surface area (Å²) in [4.78, 5) is 26.5. The highest BCUT2D eigenvalue weighted by Gasteiger charge is 2.36. The molecule has 2 aliphatic rings. The van der Waals surface area contributed by atoms with Crippen molar-refractivity contribution in [2.24, 2.45) is 5.92 Å². The van der Waals surface area contributed by atoms with Crippen LogP contribution in [0.1, 0.15) is 24.8 Å². The standard InChI is InChI=1S/C17H21BrN2O2S/c1-11-8-14(2-3-15(11)18)20-10-12(9-16(20)21)17(22)19-13-4-6-23-7-5-13/h2-3,8,12-13H,4-7,9-10H2,1H3,(H,19,22). The third-order valence-electron chi connectivity index (χ3n) is 4.52. The molecule has 4 nitrogen and oxygen atoms in total. The van der Waals surface area contributed by atoms with Crippen molar-refractivity contribution >= 4 is 45.2 Å². The van der Waals surface area contributed by atoms with E-state index in [0.717, 1.165) is 40.1 Å². The van der Waals surface area contributed by atoms with Crippen LogP contribution in [0, 0.1) is 12.8 Å². The molecule has 2 saturated heterocycles. The number of anilines is 1. The van der Waals surface area contributed by atoms with Gasteiger partial charge in [0.1, 0.15) is 0 Å². The molecule has 0 saturated carbocycles. The Labute approximate surface area is 149 Å².